The van der Waals surface area contributed by atoms with Gasteiger partial charge < -0.3 is 10.1 Å². The number of carbonyl (C=O) groups excluding carboxylic acids is 1. The number of nitrogens with zero attached hydrogens (tertiary/aromatic N) is 3. The molecule has 0 bridgehead atoms. The van der Waals surface area contributed by atoms with E-state index in [1.54, 1.807) is 17.9 Å². The fraction of sp³-hybridized carbons (Fsp3) is 0.269. The minimum atomic E-state index is -0.403. The molecule has 1 fully saturated rings. The van der Waals surface area contributed by atoms with Crippen LogP contribution in [0, 0.1) is 13.8 Å². The summed E-state index contributed by atoms with van der Waals surface area (Å²) in [6, 6.07) is 14.0. The average Bonchev–Trinajstić information content (AvgIpc) is 3.43. The molecule has 2 aromatic carbocycles. The third kappa shape index (κ3) is 3.51. The number of carbonyl (C=O) groups is 1. The molecule has 5 rings (SSSR count). The van der Waals surface area contributed by atoms with Crippen LogP contribution >= 0.6 is 0 Å². The lowest BCUT2D eigenvalue weighted by Gasteiger charge is -2.22. The number of fused-ring (bicyclic) bond motifs is 1. The first-order chi connectivity index (χ1) is 15.4. The van der Waals surface area contributed by atoms with Crippen molar-refractivity contribution >= 4 is 16.8 Å². The number of nitrogens with one attached hydrogen (secondary N) is 1. The lowest BCUT2D eigenvalue weighted by Crippen LogP contribution is -2.35. The summed E-state index contributed by atoms with van der Waals surface area (Å²) in [5.41, 5.74) is 6.24. The van der Waals surface area contributed by atoms with Crippen LogP contribution in [0.3, 0.4) is 0 Å². The van der Waals surface area contributed by atoms with Gasteiger partial charge in [-0.15, -0.1) is 0 Å². The molecule has 1 N–H and O–H groups in total. The molecule has 0 spiro atoms. The Balaban J connectivity index is 1.59. The van der Waals surface area contributed by atoms with Crippen LogP contribution in [0.1, 0.15) is 40.0 Å². The third-order valence-electron chi connectivity index (χ3n) is 6.29. The van der Waals surface area contributed by atoms with Gasteiger partial charge in [0.25, 0.3) is 5.91 Å². The van der Waals surface area contributed by atoms with E-state index in [9.17, 15) is 4.79 Å². The van der Waals surface area contributed by atoms with Gasteiger partial charge in [0.1, 0.15) is 5.75 Å². The normalized spacial score (nSPS) is 14.4. The van der Waals surface area contributed by atoms with Gasteiger partial charge in [0.15, 0.2) is 0 Å². The van der Waals surface area contributed by atoms with Crippen molar-refractivity contribution in [3.05, 3.63) is 77.2 Å². The van der Waals surface area contributed by atoms with Crippen LogP contribution in [0.5, 0.6) is 5.75 Å². The second-order valence-electron chi connectivity index (χ2n) is 8.66. The van der Waals surface area contributed by atoms with E-state index in [2.05, 4.69) is 28.6 Å². The van der Waals surface area contributed by atoms with Gasteiger partial charge in [-0.3, -0.25) is 14.5 Å². The zero-order valence-corrected chi connectivity index (χ0v) is 18.8. The van der Waals surface area contributed by atoms with Gasteiger partial charge in [-0.1, -0.05) is 12.1 Å². The first kappa shape index (κ1) is 20.2. The van der Waals surface area contributed by atoms with E-state index in [1.165, 1.54) is 0 Å². The van der Waals surface area contributed by atoms with Crippen LogP contribution < -0.4 is 10.1 Å². The number of amides is 1. The maximum absolute atomic E-state index is 13.3. The number of hydrogen-bond acceptors (Lipinski definition) is 4. The Bertz CT molecular complexity index is 1350. The highest BCUT2D eigenvalue weighted by Crippen LogP contribution is 2.49. The molecular weight excluding hydrogens is 400 g/mol. The van der Waals surface area contributed by atoms with Crippen LogP contribution in [0.15, 0.2) is 54.9 Å². The highest BCUT2D eigenvalue weighted by molar-refractivity contribution is 5.98. The van der Waals surface area contributed by atoms with Gasteiger partial charge in [-0.25, -0.2) is 0 Å². The fourth-order valence-electron chi connectivity index (χ4n) is 4.31. The molecule has 2 aromatic heterocycles. The van der Waals surface area contributed by atoms with E-state index >= 15 is 0 Å². The Labute approximate surface area is 187 Å². The quantitative estimate of drug-likeness (QED) is 0.503. The first-order valence-corrected chi connectivity index (χ1v) is 10.8. The Morgan fingerprint density at radius 3 is 2.59 bits per heavy atom. The zero-order chi connectivity index (χ0) is 22.5. The number of aryl methyl sites for hydroxylation is 3. The predicted octanol–water partition coefficient (Wildman–Crippen LogP) is 4.68. The lowest BCUT2D eigenvalue weighted by molar-refractivity contribution is 0.0930. The molecule has 0 radical (unpaired) electrons. The standard InChI is InChI=1S/C26H26N4O2/c1-16-5-7-20(32-4)13-22(16)25(31)29-26(9-10-26)23-11-18(19-14-27-30(3)15-19)12-24-21(23)8-6-17(2)28-24/h5-8,11-15H,9-10H2,1-4H3,(H,29,31). The Hall–Kier alpha value is -3.67. The molecule has 1 aliphatic carbocycles. The van der Waals surface area contributed by atoms with Crippen LogP contribution in [0.25, 0.3) is 22.0 Å². The molecule has 2 heterocycles. The minimum absolute atomic E-state index is 0.0844. The summed E-state index contributed by atoms with van der Waals surface area (Å²) in [7, 11) is 3.52. The number of hydrogen-bond donors (Lipinski definition) is 1. The topological polar surface area (TPSA) is 69.0 Å². The van der Waals surface area contributed by atoms with Crippen LogP contribution in [0.4, 0.5) is 0 Å². The second-order valence-corrected chi connectivity index (χ2v) is 8.66. The largest absolute Gasteiger partial charge is 0.497 e. The highest BCUT2D eigenvalue weighted by atomic mass is 16.5. The Morgan fingerprint density at radius 1 is 1.09 bits per heavy atom. The Kier molecular flexibility index (Phi) is 4.73. The van der Waals surface area contributed by atoms with E-state index in [0.29, 0.717) is 11.3 Å². The van der Waals surface area contributed by atoms with Gasteiger partial charge in [0, 0.05) is 35.5 Å². The van der Waals surface area contributed by atoms with Crippen LogP contribution in [-0.4, -0.2) is 27.8 Å². The highest BCUT2D eigenvalue weighted by Gasteiger charge is 2.47. The van der Waals surface area contributed by atoms with Gasteiger partial charge in [-0.2, -0.15) is 5.10 Å². The summed E-state index contributed by atoms with van der Waals surface area (Å²) >= 11 is 0. The molecule has 1 amide bonds. The molecule has 6 nitrogen and oxygen atoms in total. The van der Waals surface area contributed by atoms with Gasteiger partial charge >= 0.3 is 0 Å². The van der Waals surface area contributed by atoms with Crippen molar-refractivity contribution in [1.82, 2.24) is 20.1 Å². The maximum Gasteiger partial charge on any atom is 0.252 e. The van der Waals surface area contributed by atoms with Crippen molar-refractivity contribution < 1.29 is 9.53 Å². The number of aromatic nitrogens is 3. The van der Waals surface area contributed by atoms with E-state index in [4.69, 9.17) is 9.72 Å². The van der Waals surface area contributed by atoms with E-state index in [-0.39, 0.29) is 5.91 Å². The summed E-state index contributed by atoms with van der Waals surface area (Å²) in [5.74, 6) is 0.591. The molecular formula is C26H26N4O2. The monoisotopic (exact) mass is 426 g/mol. The van der Waals surface area contributed by atoms with Crippen molar-refractivity contribution in [3.63, 3.8) is 0 Å². The summed E-state index contributed by atoms with van der Waals surface area (Å²) in [5, 5.41) is 8.74. The molecule has 1 aliphatic rings. The molecule has 0 atom stereocenters. The molecule has 32 heavy (non-hydrogen) atoms. The molecule has 1 saturated carbocycles. The number of methoxy groups -OCH3 is 1. The first-order valence-electron chi connectivity index (χ1n) is 10.8. The van der Waals surface area contributed by atoms with Gasteiger partial charge in [0.05, 0.1) is 24.4 Å². The van der Waals surface area contributed by atoms with Crippen molar-refractivity contribution in [2.45, 2.75) is 32.2 Å². The van der Waals surface area contributed by atoms with Gasteiger partial charge in [-0.05, 0) is 73.7 Å². The van der Waals surface area contributed by atoms with E-state index in [0.717, 1.165) is 51.7 Å². The molecule has 162 valence electrons. The van der Waals surface area contributed by atoms with Gasteiger partial charge in [0.2, 0.25) is 0 Å². The van der Waals surface area contributed by atoms with Crippen molar-refractivity contribution in [2.75, 3.05) is 7.11 Å². The second kappa shape index (κ2) is 7.48. The summed E-state index contributed by atoms with van der Waals surface area (Å²) < 4.78 is 7.12. The number of ether oxygens (including phenoxy) is 1. The Morgan fingerprint density at radius 2 is 1.91 bits per heavy atom. The van der Waals surface area contributed by atoms with Crippen LogP contribution in [-0.2, 0) is 12.6 Å². The average molecular weight is 427 g/mol. The smallest absolute Gasteiger partial charge is 0.252 e. The molecule has 4 aromatic rings. The maximum atomic E-state index is 13.3. The van der Waals surface area contributed by atoms with E-state index < -0.39 is 5.54 Å². The third-order valence-corrected chi connectivity index (χ3v) is 6.29. The predicted molar refractivity (Wildman–Crippen MR) is 125 cm³/mol. The van der Waals surface area contributed by atoms with Crippen molar-refractivity contribution in [2.24, 2.45) is 7.05 Å². The molecule has 6 heteroatoms. The molecule has 0 saturated heterocycles. The number of benzene rings is 2. The molecule has 0 aliphatic heterocycles. The molecule has 0 unspecified atom stereocenters. The number of pyridine rings is 1. The zero-order valence-electron chi connectivity index (χ0n) is 18.8. The van der Waals surface area contributed by atoms with E-state index in [1.807, 2.05) is 51.5 Å². The number of rotatable bonds is 5. The summed E-state index contributed by atoms with van der Waals surface area (Å²) in [6.07, 6.45) is 5.64. The van der Waals surface area contributed by atoms with Crippen molar-refractivity contribution in [1.29, 1.82) is 0 Å². The lowest BCUT2D eigenvalue weighted by atomic mass is 9.94. The summed E-state index contributed by atoms with van der Waals surface area (Å²) in [4.78, 5) is 18.1. The fourth-order valence-corrected chi connectivity index (χ4v) is 4.31. The minimum Gasteiger partial charge on any atom is -0.497 e. The van der Waals surface area contributed by atoms with Crippen LogP contribution in [0.2, 0.25) is 0 Å². The SMILES string of the molecule is COc1ccc(C)c(C(=O)NC2(c3cc(-c4cnn(C)c4)cc4nc(C)ccc34)CC2)c1. The summed E-state index contributed by atoms with van der Waals surface area (Å²) in [6.45, 7) is 3.94. The van der Waals surface area contributed by atoms with Crippen molar-refractivity contribution in [3.8, 4) is 16.9 Å².